The predicted octanol–water partition coefficient (Wildman–Crippen LogP) is 4.56. The number of aryl methyl sites for hydroxylation is 1. The van der Waals surface area contributed by atoms with Gasteiger partial charge in [0, 0.05) is 17.8 Å². The molecule has 2 nitrogen and oxygen atoms in total. The molecule has 0 atom stereocenters. The van der Waals surface area contributed by atoms with Crippen LogP contribution in [0, 0.1) is 6.92 Å². The highest BCUT2D eigenvalue weighted by atomic mass is 15.2. The molecule has 0 heterocycles. The molecule has 1 aromatic rings. The lowest BCUT2D eigenvalue weighted by Gasteiger charge is -2.04. The van der Waals surface area contributed by atoms with E-state index in [2.05, 4.69) is 55.2 Å². The molecular weight excluding hydrogens is 220 g/mol. The largest absolute Gasteiger partial charge is 0.160 e. The monoisotopic (exact) mass is 244 g/mol. The van der Waals surface area contributed by atoms with E-state index in [9.17, 15) is 0 Å². The lowest BCUT2D eigenvalue weighted by molar-refractivity contribution is 0.958. The maximum atomic E-state index is 4.41. The van der Waals surface area contributed by atoms with Crippen LogP contribution in [-0.4, -0.2) is 11.4 Å². The Labute approximate surface area is 111 Å². The summed E-state index contributed by atoms with van der Waals surface area (Å²) < 4.78 is 0. The summed E-state index contributed by atoms with van der Waals surface area (Å²) in [6.07, 6.45) is 4.02. The van der Waals surface area contributed by atoms with Crippen LogP contribution in [0.1, 0.15) is 51.2 Å². The summed E-state index contributed by atoms with van der Waals surface area (Å²) in [6.45, 7) is 8.42. The zero-order chi connectivity index (χ0) is 13.4. The first kappa shape index (κ1) is 14.6. The molecule has 1 rings (SSSR count). The second-order valence-corrected chi connectivity index (χ2v) is 4.77. The third-order valence-electron chi connectivity index (χ3n) is 2.94. The fourth-order valence-corrected chi connectivity index (χ4v) is 1.63. The standard InChI is InChI=1S/C16H24N2/c1-5-7-16(18-17-14(4)6-2)12-15-10-8-13(3)9-11-15/h8-11H,5-7,12H2,1-4H3/b17-14+,18-16+. The first-order valence-corrected chi connectivity index (χ1v) is 6.80. The Balaban J connectivity index is 2.76. The van der Waals surface area contributed by atoms with Gasteiger partial charge in [-0.05, 0) is 32.3 Å². The number of hydrogen-bond acceptors (Lipinski definition) is 2. The van der Waals surface area contributed by atoms with Gasteiger partial charge in [0.15, 0.2) is 0 Å². The van der Waals surface area contributed by atoms with Crippen LogP contribution in [0.2, 0.25) is 0 Å². The van der Waals surface area contributed by atoms with Gasteiger partial charge < -0.3 is 0 Å². The van der Waals surface area contributed by atoms with Crippen molar-refractivity contribution >= 4 is 11.4 Å². The van der Waals surface area contributed by atoms with Crippen molar-refractivity contribution in [2.45, 2.75) is 53.4 Å². The first-order chi connectivity index (χ1) is 8.65. The molecule has 0 aromatic heterocycles. The summed E-state index contributed by atoms with van der Waals surface area (Å²) in [5.74, 6) is 0. The average molecular weight is 244 g/mol. The van der Waals surface area contributed by atoms with E-state index >= 15 is 0 Å². The molecule has 0 aliphatic heterocycles. The Bertz CT molecular complexity index is 413. The molecule has 0 N–H and O–H groups in total. The molecule has 0 fully saturated rings. The normalized spacial score (nSPS) is 12.9. The topological polar surface area (TPSA) is 24.7 Å². The SMILES string of the molecule is CCC/C(Cc1ccc(C)cc1)=N\N=C(/C)CC. The highest BCUT2D eigenvalue weighted by molar-refractivity contribution is 5.88. The van der Waals surface area contributed by atoms with Gasteiger partial charge in [-0.15, -0.1) is 0 Å². The highest BCUT2D eigenvalue weighted by Gasteiger charge is 2.01. The van der Waals surface area contributed by atoms with Gasteiger partial charge in [0.2, 0.25) is 0 Å². The van der Waals surface area contributed by atoms with E-state index in [0.29, 0.717) is 0 Å². The molecule has 0 bridgehead atoms. The summed E-state index contributed by atoms with van der Waals surface area (Å²) in [5, 5.41) is 8.69. The van der Waals surface area contributed by atoms with E-state index in [1.54, 1.807) is 0 Å². The molecule has 0 spiro atoms. The fourth-order valence-electron chi connectivity index (χ4n) is 1.63. The Morgan fingerprint density at radius 1 is 1.06 bits per heavy atom. The van der Waals surface area contributed by atoms with Crippen LogP contribution in [0.3, 0.4) is 0 Å². The molecule has 2 heteroatoms. The number of benzene rings is 1. The molecule has 0 aliphatic rings. The zero-order valence-corrected chi connectivity index (χ0v) is 12.0. The average Bonchev–Trinajstić information content (AvgIpc) is 2.38. The van der Waals surface area contributed by atoms with Crippen molar-refractivity contribution in [3.8, 4) is 0 Å². The van der Waals surface area contributed by atoms with Crippen LogP contribution in [0.4, 0.5) is 0 Å². The van der Waals surface area contributed by atoms with Crippen LogP contribution in [0.15, 0.2) is 34.5 Å². The Kier molecular flexibility index (Phi) is 6.34. The van der Waals surface area contributed by atoms with Crippen molar-refractivity contribution < 1.29 is 0 Å². The lowest BCUT2D eigenvalue weighted by atomic mass is 10.0. The van der Waals surface area contributed by atoms with Crippen molar-refractivity contribution in [2.75, 3.05) is 0 Å². The summed E-state index contributed by atoms with van der Waals surface area (Å²) >= 11 is 0. The minimum atomic E-state index is 0.911. The van der Waals surface area contributed by atoms with Crippen molar-refractivity contribution in [1.29, 1.82) is 0 Å². The highest BCUT2D eigenvalue weighted by Crippen LogP contribution is 2.08. The van der Waals surface area contributed by atoms with Crippen molar-refractivity contribution in [1.82, 2.24) is 0 Å². The third-order valence-corrected chi connectivity index (χ3v) is 2.94. The van der Waals surface area contributed by atoms with Crippen LogP contribution in [0.5, 0.6) is 0 Å². The van der Waals surface area contributed by atoms with E-state index < -0.39 is 0 Å². The minimum Gasteiger partial charge on any atom is -0.160 e. The zero-order valence-electron chi connectivity index (χ0n) is 12.0. The molecule has 0 aliphatic carbocycles. The number of rotatable bonds is 6. The fraction of sp³-hybridized carbons (Fsp3) is 0.500. The van der Waals surface area contributed by atoms with Crippen molar-refractivity contribution in [3.05, 3.63) is 35.4 Å². The molecule has 98 valence electrons. The third kappa shape index (κ3) is 5.26. The summed E-state index contributed by atoms with van der Waals surface area (Å²) in [7, 11) is 0. The maximum Gasteiger partial charge on any atom is 0.0449 e. The summed E-state index contributed by atoms with van der Waals surface area (Å²) in [6, 6.07) is 8.66. The number of hydrogen-bond donors (Lipinski definition) is 0. The number of nitrogens with zero attached hydrogens (tertiary/aromatic N) is 2. The molecular formula is C16H24N2. The second-order valence-electron chi connectivity index (χ2n) is 4.77. The van der Waals surface area contributed by atoms with Gasteiger partial charge in [-0.2, -0.15) is 10.2 Å². The predicted molar refractivity (Wildman–Crippen MR) is 80.6 cm³/mol. The second kappa shape index (κ2) is 7.80. The quantitative estimate of drug-likeness (QED) is 0.517. The molecule has 1 aromatic carbocycles. The van der Waals surface area contributed by atoms with Gasteiger partial charge in [0.1, 0.15) is 0 Å². The molecule has 0 amide bonds. The molecule has 0 unspecified atom stereocenters. The van der Waals surface area contributed by atoms with Crippen molar-refractivity contribution in [2.24, 2.45) is 10.2 Å². The van der Waals surface area contributed by atoms with Gasteiger partial charge in [0.25, 0.3) is 0 Å². The van der Waals surface area contributed by atoms with E-state index in [1.165, 1.54) is 16.8 Å². The molecule has 18 heavy (non-hydrogen) atoms. The van der Waals surface area contributed by atoms with Gasteiger partial charge in [-0.25, -0.2) is 0 Å². The van der Waals surface area contributed by atoms with Crippen LogP contribution < -0.4 is 0 Å². The smallest absolute Gasteiger partial charge is 0.0449 e. The lowest BCUT2D eigenvalue weighted by Crippen LogP contribution is -2.03. The molecule has 0 saturated carbocycles. The van der Waals surface area contributed by atoms with Crippen LogP contribution in [-0.2, 0) is 6.42 Å². The Hall–Kier alpha value is -1.44. The van der Waals surface area contributed by atoms with Crippen LogP contribution >= 0.6 is 0 Å². The van der Waals surface area contributed by atoms with E-state index in [4.69, 9.17) is 0 Å². The molecule has 0 radical (unpaired) electrons. The summed E-state index contributed by atoms with van der Waals surface area (Å²) in [4.78, 5) is 0. The van der Waals surface area contributed by atoms with E-state index in [1.807, 2.05) is 6.92 Å². The van der Waals surface area contributed by atoms with Gasteiger partial charge in [-0.1, -0.05) is 50.1 Å². The minimum absolute atomic E-state index is 0.911. The van der Waals surface area contributed by atoms with Gasteiger partial charge in [-0.3, -0.25) is 0 Å². The Morgan fingerprint density at radius 3 is 2.28 bits per heavy atom. The van der Waals surface area contributed by atoms with E-state index in [0.717, 1.165) is 31.4 Å². The van der Waals surface area contributed by atoms with Crippen molar-refractivity contribution in [3.63, 3.8) is 0 Å². The first-order valence-electron chi connectivity index (χ1n) is 6.80. The van der Waals surface area contributed by atoms with Crippen LogP contribution in [0.25, 0.3) is 0 Å². The Morgan fingerprint density at radius 2 is 1.72 bits per heavy atom. The van der Waals surface area contributed by atoms with E-state index in [-0.39, 0.29) is 0 Å². The van der Waals surface area contributed by atoms with Gasteiger partial charge >= 0.3 is 0 Å². The summed E-state index contributed by atoms with van der Waals surface area (Å²) in [5.41, 5.74) is 4.88. The van der Waals surface area contributed by atoms with Gasteiger partial charge in [0.05, 0.1) is 0 Å². The maximum absolute atomic E-state index is 4.41. The molecule has 0 saturated heterocycles.